The van der Waals surface area contributed by atoms with Gasteiger partial charge >= 0.3 is 0 Å². The van der Waals surface area contributed by atoms with Gasteiger partial charge in [0.15, 0.2) is 0 Å². The van der Waals surface area contributed by atoms with Crippen molar-refractivity contribution in [1.82, 2.24) is 9.97 Å². The lowest BCUT2D eigenvalue weighted by Gasteiger charge is -2.19. The number of ether oxygens (including phenoxy) is 1. The molecular weight excluding hydrogens is 232 g/mol. The van der Waals surface area contributed by atoms with Gasteiger partial charge in [-0.3, -0.25) is 0 Å². The first-order valence-electron chi connectivity index (χ1n) is 6.07. The van der Waals surface area contributed by atoms with E-state index in [2.05, 4.69) is 37.7 Å². The number of aromatic nitrogens is 2. The maximum absolute atomic E-state index is 5.47. The zero-order valence-electron chi connectivity index (χ0n) is 11.3. The molecule has 1 unspecified atom stereocenters. The van der Waals surface area contributed by atoms with Gasteiger partial charge < -0.3 is 9.72 Å². The van der Waals surface area contributed by atoms with Crippen molar-refractivity contribution in [2.45, 2.75) is 40.2 Å². The van der Waals surface area contributed by atoms with E-state index in [9.17, 15) is 0 Å². The molecule has 0 aliphatic heterocycles. The second-order valence-corrected chi connectivity index (χ2v) is 5.55. The molecule has 17 heavy (non-hydrogen) atoms. The largest absolute Gasteiger partial charge is 0.373 e. The number of nitrogens with zero attached hydrogens (tertiary/aromatic N) is 1. The van der Waals surface area contributed by atoms with Crippen LogP contribution in [0, 0.1) is 16.5 Å². The Morgan fingerprint density at radius 2 is 2.00 bits per heavy atom. The number of nitrogens with one attached hydrogen (secondary N) is 1. The Morgan fingerprint density at radius 1 is 1.35 bits per heavy atom. The summed E-state index contributed by atoms with van der Waals surface area (Å²) in [5.74, 6) is 1.80. The van der Waals surface area contributed by atoms with Gasteiger partial charge in [0.25, 0.3) is 0 Å². The van der Waals surface area contributed by atoms with E-state index in [1.807, 2.05) is 6.07 Å². The number of methoxy groups -OCH3 is 1. The van der Waals surface area contributed by atoms with Crippen LogP contribution in [-0.2, 0) is 11.2 Å². The van der Waals surface area contributed by atoms with Crippen molar-refractivity contribution in [3.05, 3.63) is 22.2 Å². The molecule has 1 aromatic rings. The van der Waals surface area contributed by atoms with Gasteiger partial charge in [-0.1, -0.05) is 39.9 Å². The molecule has 0 aliphatic carbocycles. The fourth-order valence-electron chi connectivity index (χ4n) is 1.91. The van der Waals surface area contributed by atoms with Gasteiger partial charge in [0.05, 0.1) is 0 Å². The summed E-state index contributed by atoms with van der Waals surface area (Å²) in [5, 5.41) is 0. The molecule has 0 fully saturated rings. The lowest BCUT2D eigenvalue weighted by Crippen LogP contribution is -2.14. The van der Waals surface area contributed by atoms with Crippen LogP contribution in [0.5, 0.6) is 0 Å². The highest BCUT2D eigenvalue weighted by molar-refractivity contribution is 7.71. The van der Waals surface area contributed by atoms with Gasteiger partial charge in [0, 0.05) is 12.8 Å². The Kier molecular flexibility index (Phi) is 5.28. The maximum atomic E-state index is 5.47. The van der Waals surface area contributed by atoms with Gasteiger partial charge in [-0.25, -0.2) is 4.98 Å². The van der Waals surface area contributed by atoms with Crippen molar-refractivity contribution in [1.29, 1.82) is 0 Å². The zero-order chi connectivity index (χ0) is 13.0. The number of aromatic amines is 1. The minimum Gasteiger partial charge on any atom is -0.373 e. The average Bonchev–Trinajstić information content (AvgIpc) is 2.15. The predicted molar refractivity (Wildman–Crippen MR) is 72.6 cm³/mol. The van der Waals surface area contributed by atoms with Crippen molar-refractivity contribution in [3.63, 3.8) is 0 Å². The molecule has 1 rings (SSSR count). The molecule has 1 heterocycles. The molecule has 0 aromatic carbocycles. The molecule has 3 nitrogen and oxygen atoms in total. The summed E-state index contributed by atoms with van der Waals surface area (Å²) >= 11 is 5.21. The fourth-order valence-corrected chi connectivity index (χ4v) is 2.15. The molecule has 0 radical (unpaired) electrons. The minimum atomic E-state index is -0.0242. The van der Waals surface area contributed by atoms with Crippen molar-refractivity contribution in [2.24, 2.45) is 11.8 Å². The van der Waals surface area contributed by atoms with Gasteiger partial charge in [0.2, 0.25) is 0 Å². The van der Waals surface area contributed by atoms with Crippen molar-refractivity contribution in [3.8, 4) is 0 Å². The highest BCUT2D eigenvalue weighted by atomic mass is 32.1. The third kappa shape index (κ3) is 4.21. The maximum Gasteiger partial charge on any atom is 0.137 e. The van der Waals surface area contributed by atoms with E-state index in [1.165, 1.54) is 0 Å². The Morgan fingerprint density at radius 3 is 2.47 bits per heavy atom. The lowest BCUT2D eigenvalue weighted by atomic mass is 10.1. The summed E-state index contributed by atoms with van der Waals surface area (Å²) < 4.78 is 6.11. The van der Waals surface area contributed by atoms with Gasteiger partial charge in [-0.05, 0) is 24.3 Å². The molecule has 1 atom stereocenters. The Labute approximate surface area is 109 Å². The molecule has 96 valence electrons. The van der Waals surface area contributed by atoms with Crippen LogP contribution in [0.15, 0.2) is 6.07 Å². The third-order valence-corrected chi connectivity index (χ3v) is 2.78. The molecule has 0 bridgehead atoms. The lowest BCUT2D eigenvalue weighted by molar-refractivity contribution is 0.0571. The molecule has 4 heteroatoms. The van der Waals surface area contributed by atoms with Gasteiger partial charge in [0.1, 0.15) is 16.6 Å². The SMILES string of the molecule is COC(c1nc(=S)cc(CC(C)C)[nH]1)C(C)C. The van der Waals surface area contributed by atoms with Crippen LogP contribution in [0.4, 0.5) is 0 Å². The molecular formula is C13H22N2OS. The Balaban J connectivity index is 3.07. The van der Waals surface area contributed by atoms with Crippen molar-refractivity contribution < 1.29 is 4.74 Å². The number of hydrogen-bond donors (Lipinski definition) is 1. The first-order chi connectivity index (χ1) is 7.93. The highest BCUT2D eigenvalue weighted by Crippen LogP contribution is 2.22. The Bertz CT molecular complexity index is 412. The van der Waals surface area contributed by atoms with Crippen LogP contribution in [-0.4, -0.2) is 17.1 Å². The first-order valence-corrected chi connectivity index (χ1v) is 6.47. The number of H-pyrrole nitrogens is 1. The van der Waals surface area contributed by atoms with Crippen molar-refractivity contribution in [2.75, 3.05) is 7.11 Å². The minimum absolute atomic E-state index is 0.0242. The van der Waals surface area contributed by atoms with Crippen LogP contribution in [0.25, 0.3) is 0 Å². The quantitative estimate of drug-likeness (QED) is 0.814. The van der Waals surface area contributed by atoms with E-state index in [0.717, 1.165) is 17.9 Å². The van der Waals surface area contributed by atoms with E-state index in [1.54, 1.807) is 7.11 Å². The molecule has 0 spiro atoms. The highest BCUT2D eigenvalue weighted by Gasteiger charge is 2.17. The molecule has 1 aromatic heterocycles. The molecule has 0 saturated carbocycles. The van der Waals surface area contributed by atoms with Gasteiger partial charge in [-0.15, -0.1) is 0 Å². The van der Waals surface area contributed by atoms with Crippen LogP contribution in [0.3, 0.4) is 0 Å². The predicted octanol–water partition coefficient (Wildman–Crippen LogP) is 3.68. The zero-order valence-corrected chi connectivity index (χ0v) is 12.1. The fraction of sp³-hybridized carbons (Fsp3) is 0.692. The average molecular weight is 254 g/mol. The van der Waals surface area contributed by atoms with Crippen LogP contribution in [0.1, 0.15) is 45.3 Å². The van der Waals surface area contributed by atoms with Crippen LogP contribution in [0.2, 0.25) is 0 Å². The third-order valence-electron chi connectivity index (χ3n) is 2.57. The topological polar surface area (TPSA) is 37.9 Å². The first kappa shape index (κ1) is 14.3. The molecule has 1 N–H and O–H groups in total. The summed E-state index contributed by atoms with van der Waals surface area (Å²) in [6.45, 7) is 8.60. The van der Waals surface area contributed by atoms with E-state index in [4.69, 9.17) is 17.0 Å². The van der Waals surface area contributed by atoms with E-state index < -0.39 is 0 Å². The van der Waals surface area contributed by atoms with Crippen molar-refractivity contribution >= 4 is 12.2 Å². The van der Waals surface area contributed by atoms with E-state index in [0.29, 0.717) is 16.5 Å². The normalized spacial score (nSPS) is 13.4. The second-order valence-electron chi connectivity index (χ2n) is 5.13. The van der Waals surface area contributed by atoms with Gasteiger partial charge in [-0.2, -0.15) is 0 Å². The Hall–Kier alpha value is -0.740. The monoisotopic (exact) mass is 254 g/mol. The number of hydrogen-bond acceptors (Lipinski definition) is 3. The molecule has 0 saturated heterocycles. The summed E-state index contributed by atoms with van der Waals surface area (Å²) in [6.07, 6.45) is 0.956. The summed E-state index contributed by atoms with van der Waals surface area (Å²) in [7, 11) is 1.71. The van der Waals surface area contributed by atoms with Crippen LogP contribution >= 0.6 is 12.2 Å². The summed E-state index contributed by atoms with van der Waals surface area (Å²) in [5.41, 5.74) is 1.14. The summed E-state index contributed by atoms with van der Waals surface area (Å²) in [4.78, 5) is 7.71. The van der Waals surface area contributed by atoms with E-state index in [-0.39, 0.29) is 6.10 Å². The summed E-state index contributed by atoms with van der Waals surface area (Å²) in [6, 6.07) is 1.94. The van der Waals surface area contributed by atoms with Crippen LogP contribution < -0.4 is 0 Å². The number of rotatable bonds is 5. The second kappa shape index (κ2) is 6.26. The molecule has 0 amide bonds. The molecule has 0 aliphatic rings. The standard InChI is InChI=1S/C13H22N2OS/c1-8(2)6-10-7-11(17)15-13(14-10)12(16-5)9(3)4/h7-9,12H,6H2,1-5H3,(H,14,15,17). The van der Waals surface area contributed by atoms with E-state index >= 15 is 0 Å². The smallest absolute Gasteiger partial charge is 0.137 e.